The van der Waals surface area contributed by atoms with Crippen molar-refractivity contribution in [3.63, 3.8) is 0 Å². The van der Waals surface area contributed by atoms with Crippen molar-refractivity contribution in [3.8, 4) is 0 Å². The van der Waals surface area contributed by atoms with Crippen LogP contribution in [0.2, 0.25) is 0 Å². The van der Waals surface area contributed by atoms with Crippen LogP contribution < -0.4 is 10.9 Å². The molecule has 0 aromatic carbocycles. The normalized spacial score (nSPS) is 10.2. The summed E-state index contributed by atoms with van der Waals surface area (Å²) in [6, 6.07) is 4.30. The number of aromatic nitrogens is 3. The molecule has 0 atom stereocenters. The number of hydrogen-bond acceptors (Lipinski definition) is 4. The molecule has 104 valence electrons. The molecule has 0 fully saturated rings. The summed E-state index contributed by atoms with van der Waals surface area (Å²) >= 11 is 0. The number of nitrogens with one attached hydrogen (secondary N) is 2. The second kappa shape index (κ2) is 5.83. The fourth-order valence-electron chi connectivity index (χ4n) is 1.57. The summed E-state index contributed by atoms with van der Waals surface area (Å²) in [6.45, 7) is 0.661. The van der Waals surface area contributed by atoms with Crippen molar-refractivity contribution in [3.05, 3.63) is 52.5 Å². The lowest BCUT2D eigenvalue weighted by molar-refractivity contribution is 0.0690. The minimum Gasteiger partial charge on any atom is -0.476 e. The van der Waals surface area contributed by atoms with Crippen LogP contribution in [0.4, 0.5) is 0 Å². The number of carbonyl (C=O) groups excluding carboxylic acids is 1. The molecule has 2 rings (SSSR count). The van der Waals surface area contributed by atoms with Crippen LogP contribution in [0.5, 0.6) is 0 Å². The molecule has 0 bridgehead atoms. The van der Waals surface area contributed by atoms with Crippen molar-refractivity contribution in [2.75, 3.05) is 6.54 Å². The van der Waals surface area contributed by atoms with E-state index in [1.807, 2.05) is 0 Å². The van der Waals surface area contributed by atoms with Gasteiger partial charge in [-0.15, -0.1) is 0 Å². The Bertz CT molecular complexity index is 689. The zero-order valence-electron chi connectivity index (χ0n) is 10.4. The number of nitrogens with zero attached hydrogens (tertiary/aromatic N) is 2. The van der Waals surface area contributed by atoms with Crippen LogP contribution >= 0.6 is 0 Å². The van der Waals surface area contributed by atoms with Gasteiger partial charge < -0.3 is 20.0 Å². The third-order valence-electron chi connectivity index (χ3n) is 2.52. The van der Waals surface area contributed by atoms with E-state index in [1.165, 1.54) is 30.7 Å². The van der Waals surface area contributed by atoms with Gasteiger partial charge in [0.15, 0.2) is 5.69 Å². The molecule has 3 N–H and O–H groups in total. The van der Waals surface area contributed by atoms with E-state index in [9.17, 15) is 14.4 Å². The van der Waals surface area contributed by atoms with E-state index in [-0.39, 0.29) is 23.5 Å². The van der Waals surface area contributed by atoms with Crippen LogP contribution in [0, 0.1) is 0 Å². The number of aromatic carboxylic acids is 1. The van der Waals surface area contributed by atoms with Crippen LogP contribution in [0.3, 0.4) is 0 Å². The van der Waals surface area contributed by atoms with Crippen LogP contribution in [0.1, 0.15) is 21.0 Å². The second-order valence-electron chi connectivity index (χ2n) is 3.99. The lowest BCUT2D eigenvalue weighted by Gasteiger charge is -2.05. The predicted molar refractivity (Wildman–Crippen MR) is 68.6 cm³/mol. The van der Waals surface area contributed by atoms with E-state index in [2.05, 4.69) is 15.3 Å². The Labute approximate surface area is 113 Å². The first-order chi connectivity index (χ1) is 9.56. The average Bonchev–Trinajstić information content (AvgIpc) is 2.87. The Morgan fingerprint density at radius 2 is 2.20 bits per heavy atom. The first-order valence-corrected chi connectivity index (χ1v) is 5.79. The molecular formula is C12H12N4O4. The van der Waals surface area contributed by atoms with Crippen molar-refractivity contribution >= 4 is 11.9 Å². The quantitative estimate of drug-likeness (QED) is 0.693. The van der Waals surface area contributed by atoms with Crippen LogP contribution in [0.25, 0.3) is 0 Å². The fourth-order valence-corrected chi connectivity index (χ4v) is 1.57. The van der Waals surface area contributed by atoms with Gasteiger partial charge >= 0.3 is 5.97 Å². The summed E-state index contributed by atoms with van der Waals surface area (Å²) in [5, 5.41) is 11.3. The highest BCUT2D eigenvalue weighted by molar-refractivity contribution is 5.92. The summed E-state index contributed by atoms with van der Waals surface area (Å²) in [5.41, 5.74) is -0.226. The van der Waals surface area contributed by atoms with Crippen LogP contribution in [0.15, 0.2) is 35.5 Å². The molecule has 0 unspecified atom stereocenters. The maximum Gasteiger partial charge on any atom is 0.356 e. The van der Waals surface area contributed by atoms with Gasteiger partial charge in [-0.05, 0) is 6.07 Å². The molecule has 1 amide bonds. The van der Waals surface area contributed by atoms with Crippen molar-refractivity contribution in [2.24, 2.45) is 0 Å². The largest absolute Gasteiger partial charge is 0.476 e. The van der Waals surface area contributed by atoms with Gasteiger partial charge in [0.05, 0.1) is 6.33 Å². The Morgan fingerprint density at radius 3 is 2.85 bits per heavy atom. The minimum atomic E-state index is -1.10. The number of hydrogen-bond donors (Lipinski definition) is 3. The standard InChI is InChI=1S/C12H12N4O4/c17-10-3-1-2-8(15-10)11(18)13-4-5-16-6-9(12(19)20)14-7-16/h1-3,6-7H,4-5H2,(H,13,18)(H,15,17)(H,19,20). The van der Waals surface area contributed by atoms with E-state index in [0.717, 1.165) is 0 Å². The van der Waals surface area contributed by atoms with Gasteiger partial charge in [-0.1, -0.05) is 6.07 Å². The third kappa shape index (κ3) is 3.31. The third-order valence-corrected chi connectivity index (χ3v) is 2.52. The van der Waals surface area contributed by atoms with Crippen LogP contribution in [-0.2, 0) is 6.54 Å². The Balaban J connectivity index is 1.87. The van der Waals surface area contributed by atoms with Gasteiger partial charge in [0.25, 0.3) is 5.91 Å². The number of rotatable bonds is 5. The zero-order chi connectivity index (χ0) is 14.5. The smallest absolute Gasteiger partial charge is 0.356 e. The molecule has 2 aromatic heterocycles. The molecular weight excluding hydrogens is 264 g/mol. The summed E-state index contributed by atoms with van der Waals surface area (Å²) in [4.78, 5) is 39.5. The Hall–Kier alpha value is -2.90. The topological polar surface area (TPSA) is 117 Å². The summed E-state index contributed by atoms with van der Waals surface area (Å²) in [6.07, 6.45) is 2.75. The Morgan fingerprint density at radius 1 is 1.40 bits per heavy atom. The van der Waals surface area contributed by atoms with Gasteiger partial charge in [-0.3, -0.25) is 9.59 Å². The molecule has 2 heterocycles. The fraction of sp³-hybridized carbons (Fsp3) is 0.167. The van der Waals surface area contributed by atoms with Gasteiger partial charge in [0, 0.05) is 25.4 Å². The predicted octanol–water partition coefficient (Wildman–Crippen LogP) is -0.300. The first-order valence-electron chi connectivity index (χ1n) is 5.79. The molecule has 0 aliphatic rings. The number of carboxylic acid groups (broad SMARTS) is 1. The molecule has 2 aromatic rings. The maximum atomic E-state index is 11.7. The summed E-state index contributed by atoms with van der Waals surface area (Å²) in [5.74, 6) is -1.50. The number of imidazole rings is 1. The molecule has 8 nitrogen and oxygen atoms in total. The molecule has 0 spiro atoms. The van der Waals surface area contributed by atoms with E-state index in [4.69, 9.17) is 5.11 Å². The summed E-state index contributed by atoms with van der Waals surface area (Å²) in [7, 11) is 0. The van der Waals surface area contributed by atoms with Crippen molar-refractivity contribution in [2.45, 2.75) is 6.54 Å². The summed E-state index contributed by atoms with van der Waals surface area (Å²) < 4.78 is 1.55. The monoisotopic (exact) mass is 276 g/mol. The van der Waals surface area contributed by atoms with E-state index in [1.54, 1.807) is 4.57 Å². The maximum absolute atomic E-state index is 11.7. The lowest BCUT2D eigenvalue weighted by atomic mass is 10.3. The highest BCUT2D eigenvalue weighted by Crippen LogP contribution is 1.96. The molecule has 0 radical (unpaired) electrons. The highest BCUT2D eigenvalue weighted by Gasteiger charge is 2.07. The molecule has 0 saturated heterocycles. The van der Waals surface area contributed by atoms with Gasteiger partial charge in [-0.25, -0.2) is 9.78 Å². The number of pyridine rings is 1. The lowest BCUT2D eigenvalue weighted by Crippen LogP contribution is -2.29. The molecule has 0 aliphatic heterocycles. The molecule has 8 heteroatoms. The number of carboxylic acids is 1. The molecule has 0 aliphatic carbocycles. The Kier molecular flexibility index (Phi) is 3.94. The average molecular weight is 276 g/mol. The number of aromatic amines is 1. The molecule has 0 saturated carbocycles. The number of carbonyl (C=O) groups is 2. The zero-order valence-corrected chi connectivity index (χ0v) is 10.4. The SMILES string of the molecule is O=C(O)c1cn(CCNC(=O)c2cccc(=O)[nH]2)cn1. The van der Waals surface area contributed by atoms with Gasteiger partial charge in [0.2, 0.25) is 5.56 Å². The number of H-pyrrole nitrogens is 1. The van der Waals surface area contributed by atoms with Crippen molar-refractivity contribution in [1.29, 1.82) is 0 Å². The van der Waals surface area contributed by atoms with E-state index in [0.29, 0.717) is 6.54 Å². The van der Waals surface area contributed by atoms with Gasteiger partial charge in [0.1, 0.15) is 5.69 Å². The molecule has 20 heavy (non-hydrogen) atoms. The van der Waals surface area contributed by atoms with Crippen molar-refractivity contribution in [1.82, 2.24) is 19.9 Å². The van der Waals surface area contributed by atoms with Crippen LogP contribution in [-0.4, -0.2) is 38.1 Å². The van der Waals surface area contributed by atoms with E-state index >= 15 is 0 Å². The number of amides is 1. The van der Waals surface area contributed by atoms with Crippen molar-refractivity contribution < 1.29 is 14.7 Å². The second-order valence-corrected chi connectivity index (χ2v) is 3.99. The van der Waals surface area contributed by atoms with Gasteiger partial charge in [-0.2, -0.15) is 0 Å². The minimum absolute atomic E-state index is 0.0521. The first kappa shape index (κ1) is 13.5. The van der Waals surface area contributed by atoms with E-state index < -0.39 is 11.9 Å². The highest BCUT2D eigenvalue weighted by atomic mass is 16.4.